The van der Waals surface area contributed by atoms with Gasteiger partial charge in [-0.3, -0.25) is 9.20 Å². The summed E-state index contributed by atoms with van der Waals surface area (Å²) in [5, 5.41) is 0. The molecule has 6 rings (SSSR count). The molecule has 6 nitrogen and oxygen atoms in total. The van der Waals surface area contributed by atoms with Gasteiger partial charge in [0.15, 0.2) is 0 Å². The molecule has 2 aromatic heterocycles. The van der Waals surface area contributed by atoms with Gasteiger partial charge in [-0.05, 0) is 56.4 Å². The molecule has 0 spiro atoms. The van der Waals surface area contributed by atoms with Crippen LogP contribution in [0.1, 0.15) is 54.1 Å². The number of carbonyl (C=O) groups excluding carboxylic acids is 1. The topological polar surface area (TPSA) is 50.1 Å². The van der Waals surface area contributed by atoms with Crippen molar-refractivity contribution in [1.29, 1.82) is 0 Å². The third kappa shape index (κ3) is 3.66. The number of aromatic nitrogens is 2. The number of rotatable bonds is 4. The van der Waals surface area contributed by atoms with E-state index in [1.54, 1.807) is 0 Å². The number of anilines is 1. The van der Waals surface area contributed by atoms with Crippen LogP contribution in [-0.4, -0.2) is 59.6 Å². The minimum absolute atomic E-state index is 0.141. The number of fused-ring (bicyclic) bond motifs is 1. The van der Waals surface area contributed by atoms with Crippen LogP contribution in [0.4, 0.5) is 5.69 Å². The summed E-state index contributed by atoms with van der Waals surface area (Å²) in [5.41, 5.74) is 6.40. The lowest BCUT2D eigenvalue weighted by atomic mass is 10.1. The number of hydrogen-bond acceptors (Lipinski definition) is 4. The Kier molecular flexibility index (Phi) is 5.10. The van der Waals surface area contributed by atoms with E-state index in [-0.39, 0.29) is 5.91 Å². The molecule has 0 bridgehead atoms. The molecule has 0 atom stereocenters. The second-order valence-corrected chi connectivity index (χ2v) is 9.27. The van der Waals surface area contributed by atoms with E-state index in [1.165, 1.54) is 36.2 Å². The smallest absolute Gasteiger partial charge is 0.255 e. The lowest BCUT2D eigenvalue weighted by Crippen LogP contribution is -2.36. The first-order valence-electron chi connectivity index (χ1n) is 12.0. The number of carbonyl (C=O) groups is 1. The maximum Gasteiger partial charge on any atom is 0.255 e. The molecule has 1 amide bonds. The minimum atomic E-state index is 0.141. The minimum Gasteiger partial charge on any atom is -0.378 e. The Labute approximate surface area is 188 Å². The lowest BCUT2D eigenvalue weighted by Gasteiger charge is -2.29. The first-order valence-corrected chi connectivity index (χ1v) is 12.0. The monoisotopic (exact) mass is 430 g/mol. The highest BCUT2D eigenvalue weighted by atomic mass is 16.5. The standard InChI is InChI=1S/C26H30N4O2/c31-26(29-12-2-1-3-13-29)21-8-11-23-27-24(19-4-5-19)25(30(23)18-21)20-6-9-22(10-7-20)28-14-16-32-17-15-28/h6-11,18-19H,1-5,12-17H2. The Morgan fingerprint density at radius 1 is 0.906 bits per heavy atom. The maximum absolute atomic E-state index is 13.1. The van der Waals surface area contributed by atoms with Gasteiger partial charge in [0.25, 0.3) is 5.91 Å². The van der Waals surface area contributed by atoms with Crippen molar-refractivity contribution in [2.75, 3.05) is 44.3 Å². The maximum atomic E-state index is 13.1. The zero-order valence-corrected chi connectivity index (χ0v) is 18.5. The van der Waals surface area contributed by atoms with Gasteiger partial charge in [-0.2, -0.15) is 0 Å². The number of hydrogen-bond donors (Lipinski definition) is 0. The molecule has 0 N–H and O–H groups in total. The van der Waals surface area contributed by atoms with Crippen molar-refractivity contribution in [2.24, 2.45) is 0 Å². The number of nitrogens with zero attached hydrogens (tertiary/aromatic N) is 4. The highest BCUT2D eigenvalue weighted by molar-refractivity contribution is 5.94. The number of ether oxygens (including phenoxy) is 1. The molecule has 3 aliphatic rings. The van der Waals surface area contributed by atoms with E-state index in [4.69, 9.17) is 9.72 Å². The molecule has 2 saturated heterocycles. The normalized spacial score (nSPS) is 19.5. The van der Waals surface area contributed by atoms with Gasteiger partial charge in [-0.1, -0.05) is 12.1 Å². The van der Waals surface area contributed by atoms with E-state index in [1.807, 2.05) is 23.2 Å². The third-order valence-corrected chi connectivity index (χ3v) is 7.02. The summed E-state index contributed by atoms with van der Waals surface area (Å²) >= 11 is 0. The van der Waals surface area contributed by atoms with E-state index in [9.17, 15) is 4.79 Å². The fraction of sp³-hybridized carbons (Fsp3) is 0.462. The van der Waals surface area contributed by atoms with E-state index in [0.717, 1.165) is 69.1 Å². The zero-order chi connectivity index (χ0) is 21.5. The first-order chi connectivity index (χ1) is 15.8. The Morgan fingerprint density at radius 3 is 2.38 bits per heavy atom. The summed E-state index contributed by atoms with van der Waals surface area (Å²) in [6, 6.07) is 12.8. The van der Waals surface area contributed by atoms with Gasteiger partial charge in [-0.15, -0.1) is 0 Å². The van der Waals surface area contributed by atoms with Gasteiger partial charge in [0.1, 0.15) is 5.65 Å². The quantitative estimate of drug-likeness (QED) is 0.618. The average Bonchev–Trinajstić information content (AvgIpc) is 3.64. The van der Waals surface area contributed by atoms with Crippen LogP contribution in [0, 0.1) is 0 Å². The molecule has 6 heteroatoms. The van der Waals surface area contributed by atoms with E-state index >= 15 is 0 Å². The van der Waals surface area contributed by atoms with Crippen LogP contribution in [0.2, 0.25) is 0 Å². The molecule has 0 radical (unpaired) electrons. The van der Waals surface area contributed by atoms with Gasteiger partial charge in [0, 0.05) is 49.5 Å². The largest absolute Gasteiger partial charge is 0.378 e. The molecule has 1 saturated carbocycles. The molecule has 3 aromatic rings. The van der Waals surface area contributed by atoms with Crippen molar-refractivity contribution in [3.63, 3.8) is 0 Å². The summed E-state index contributed by atoms with van der Waals surface area (Å²) in [6.07, 6.45) is 7.83. The van der Waals surface area contributed by atoms with Gasteiger partial charge in [-0.25, -0.2) is 4.98 Å². The first kappa shape index (κ1) is 19.8. The SMILES string of the molecule is O=C(c1ccc2nc(C3CC3)c(-c3ccc(N4CCOCC4)cc3)n2c1)N1CCCCC1. The number of morpholine rings is 1. The van der Waals surface area contributed by atoms with Gasteiger partial charge in [0.05, 0.1) is 30.2 Å². The van der Waals surface area contributed by atoms with Crippen LogP contribution in [0.3, 0.4) is 0 Å². The fourth-order valence-corrected chi connectivity index (χ4v) is 5.05. The Bertz CT molecular complexity index is 1120. The molecule has 4 heterocycles. The molecular weight excluding hydrogens is 400 g/mol. The number of benzene rings is 1. The molecule has 3 fully saturated rings. The summed E-state index contributed by atoms with van der Waals surface area (Å²) < 4.78 is 7.64. The molecule has 1 aromatic carbocycles. The molecule has 2 aliphatic heterocycles. The Morgan fingerprint density at radius 2 is 1.66 bits per heavy atom. The van der Waals surface area contributed by atoms with Gasteiger partial charge >= 0.3 is 0 Å². The van der Waals surface area contributed by atoms with E-state index < -0.39 is 0 Å². The van der Waals surface area contributed by atoms with Crippen molar-refractivity contribution in [3.8, 4) is 11.3 Å². The number of piperidine rings is 1. The van der Waals surface area contributed by atoms with Crippen molar-refractivity contribution >= 4 is 17.2 Å². The summed E-state index contributed by atoms with van der Waals surface area (Å²) in [5.74, 6) is 0.673. The average molecular weight is 431 g/mol. The molecule has 1 aliphatic carbocycles. The van der Waals surface area contributed by atoms with E-state index in [2.05, 4.69) is 33.6 Å². The van der Waals surface area contributed by atoms with Crippen LogP contribution in [0.25, 0.3) is 16.9 Å². The summed E-state index contributed by atoms with van der Waals surface area (Å²) in [4.78, 5) is 22.5. The van der Waals surface area contributed by atoms with Crippen molar-refractivity contribution in [2.45, 2.75) is 38.0 Å². The van der Waals surface area contributed by atoms with Crippen molar-refractivity contribution in [3.05, 3.63) is 53.9 Å². The van der Waals surface area contributed by atoms with Crippen LogP contribution >= 0.6 is 0 Å². The predicted molar refractivity (Wildman–Crippen MR) is 125 cm³/mol. The molecular formula is C26H30N4O2. The van der Waals surface area contributed by atoms with Gasteiger partial charge < -0.3 is 14.5 Å². The number of amides is 1. The summed E-state index contributed by atoms with van der Waals surface area (Å²) in [6.45, 7) is 5.17. The second kappa shape index (κ2) is 8.24. The fourth-order valence-electron chi connectivity index (χ4n) is 5.05. The number of pyridine rings is 1. The van der Waals surface area contributed by atoms with Crippen molar-refractivity contribution in [1.82, 2.24) is 14.3 Å². The van der Waals surface area contributed by atoms with Crippen LogP contribution in [0.5, 0.6) is 0 Å². The second-order valence-electron chi connectivity index (χ2n) is 9.27. The Balaban J connectivity index is 1.38. The van der Waals surface area contributed by atoms with Crippen LogP contribution in [-0.2, 0) is 4.74 Å². The van der Waals surface area contributed by atoms with Crippen molar-refractivity contribution < 1.29 is 9.53 Å². The zero-order valence-electron chi connectivity index (χ0n) is 18.5. The molecule has 0 unspecified atom stereocenters. The number of likely N-dealkylation sites (tertiary alicyclic amines) is 1. The van der Waals surface area contributed by atoms with Crippen LogP contribution < -0.4 is 4.90 Å². The highest BCUT2D eigenvalue weighted by Gasteiger charge is 2.31. The lowest BCUT2D eigenvalue weighted by molar-refractivity contribution is 0.0724. The third-order valence-electron chi connectivity index (χ3n) is 7.02. The van der Waals surface area contributed by atoms with E-state index in [0.29, 0.717) is 5.92 Å². The molecule has 32 heavy (non-hydrogen) atoms. The highest BCUT2D eigenvalue weighted by Crippen LogP contribution is 2.44. The van der Waals surface area contributed by atoms with Gasteiger partial charge in [0.2, 0.25) is 0 Å². The molecule has 166 valence electrons. The Hall–Kier alpha value is -2.86. The summed E-state index contributed by atoms with van der Waals surface area (Å²) in [7, 11) is 0. The number of imidazole rings is 1. The van der Waals surface area contributed by atoms with Crippen LogP contribution in [0.15, 0.2) is 42.6 Å². The predicted octanol–water partition coefficient (Wildman–Crippen LogP) is 4.34.